The lowest BCUT2D eigenvalue weighted by molar-refractivity contribution is 0.102. The van der Waals surface area contributed by atoms with Gasteiger partial charge in [0.05, 0.1) is 22.8 Å². The summed E-state index contributed by atoms with van der Waals surface area (Å²) in [5, 5.41) is 3.20. The van der Waals surface area contributed by atoms with Crippen LogP contribution < -0.4 is 10.9 Å². The maximum absolute atomic E-state index is 12.1. The summed E-state index contributed by atoms with van der Waals surface area (Å²) in [6.07, 6.45) is 4.55. The average Bonchev–Trinajstić information content (AvgIpc) is 2.52. The van der Waals surface area contributed by atoms with E-state index in [2.05, 4.69) is 15.3 Å². The number of hydrogen-bond donors (Lipinski definition) is 1. The van der Waals surface area contributed by atoms with Crippen LogP contribution in [0, 0.1) is 0 Å². The number of anilines is 1. The summed E-state index contributed by atoms with van der Waals surface area (Å²) in [7, 11) is 1.63. The van der Waals surface area contributed by atoms with Crippen LogP contribution >= 0.6 is 0 Å². The van der Waals surface area contributed by atoms with Gasteiger partial charge < -0.3 is 9.88 Å². The Kier molecular flexibility index (Phi) is 3.19. The first-order valence-electron chi connectivity index (χ1n) is 6.32. The number of carbonyl (C=O) groups is 1. The minimum absolute atomic E-state index is 0.155. The third-order valence-electron chi connectivity index (χ3n) is 3.10. The van der Waals surface area contributed by atoms with Crippen molar-refractivity contribution in [2.75, 3.05) is 5.32 Å². The number of nitrogens with one attached hydrogen (secondary N) is 1. The first kappa shape index (κ1) is 13.0. The standard InChI is InChI=1S/C15H12N4O2/c1-19-9-17-13-5-4-11(7-12(13)15(19)21)18-14(20)10-3-2-6-16-8-10/h2-9H,1H3,(H,18,20). The van der Waals surface area contributed by atoms with E-state index < -0.39 is 0 Å². The van der Waals surface area contributed by atoms with Crippen molar-refractivity contribution in [2.24, 2.45) is 7.05 Å². The van der Waals surface area contributed by atoms with Crippen LogP contribution in [-0.2, 0) is 7.05 Å². The summed E-state index contributed by atoms with van der Waals surface area (Å²) in [6.45, 7) is 0. The van der Waals surface area contributed by atoms with Crippen LogP contribution in [-0.4, -0.2) is 20.4 Å². The number of benzene rings is 1. The number of pyridine rings is 1. The van der Waals surface area contributed by atoms with E-state index in [1.54, 1.807) is 43.6 Å². The van der Waals surface area contributed by atoms with E-state index in [4.69, 9.17) is 0 Å². The lowest BCUT2D eigenvalue weighted by Crippen LogP contribution is -2.17. The Morgan fingerprint density at radius 1 is 1.29 bits per heavy atom. The molecule has 0 saturated heterocycles. The molecule has 1 amide bonds. The van der Waals surface area contributed by atoms with E-state index in [0.29, 0.717) is 22.2 Å². The van der Waals surface area contributed by atoms with Gasteiger partial charge >= 0.3 is 0 Å². The van der Waals surface area contributed by atoms with E-state index in [0.717, 1.165) is 0 Å². The SMILES string of the molecule is Cn1cnc2ccc(NC(=O)c3cccnc3)cc2c1=O. The van der Waals surface area contributed by atoms with Gasteiger partial charge in [-0.2, -0.15) is 0 Å². The molecule has 104 valence electrons. The van der Waals surface area contributed by atoms with Crippen LogP contribution in [0.25, 0.3) is 10.9 Å². The van der Waals surface area contributed by atoms with Crippen molar-refractivity contribution in [3.63, 3.8) is 0 Å². The summed E-state index contributed by atoms with van der Waals surface area (Å²) in [5.41, 5.74) is 1.44. The van der Waals surface area contributed by atoms with E-state index in [9.17, 15) is 9.59 Å². The number of carbonyl (C=O) groups excluding carboxylic acids is 1. The van der Waals surface area contributed by atoms with Crippen LogP contribution in [0.3, 0.4) is 0 Å². The highest BCUT2D eigenvalue weighted by Gasteiger charge is 2.08. The minimum atomic E-state index is -0.275. The van der Waals surface area contributed by atoms with Crippen molar-refractivity contribution in [1.82, 2.24) is 14.5 Å². The molecule has 0 radical (unpaired) electrons. The molecule has 2 heterocycles. The van der Waals surface area contributed by atoms with Crippen LogP contribution in [0.5, 0.6) is 0 Å². The molecule has 0 unspecified atom stereocenters. The molecule has 0 spiro atoms. The zero-order valence-electron chi connectivity index (χ0n) is 11.3. The summed E-state index contributed by atoms with van der Waals surface area (Å²) >= 11 is 0. The van der Waals surface area contributed by atoms with Crippen molar-refractivity contribution < 1.29 is 4.79 Å². The van der Waals surface area contributed by atoms with Crippen molar-refractivity contribution in [1.29, 1.82) is 0 Å². The molecule has 2 aromatic heterocycles. The first-order chi connectivity index (χ1) is 10.1. The van der Waals surface area contributed by atoms with Gasteiger partial charge in [0.1, 0.15) is 0 Å². The van der Waals surface area contributed by atoms with Gasteiger partial charge in [-0.3, -0.25) is 14.6 Å². The van der Waals surface area contributed by atoms with Gasteiger partial charge in [-0.15, -0.1) is 0 Å². The van der Waals surface area contributed by atoms with Crippen molar-refractivity contribution in [3.05, 3.63) is 65.0 Å². The molecule has 0 aliphatic rings. The smallest absolute Gasteiger partial charge is 0.260 e. The number of aromatic nitrogens is 3. The second kappa shape index (κ2) is 5.16. The van der Waals surface area contributed by atoms with Gasteiger partial charge in [0, 0.05) is 25.1 Å². The molecule has 0 fully saturated rings. The average molecular weight is 280 g/mol. The highest BCUT2D eigenvalue weighted by molar-refractivity contribution is 6.04. The molecule has 0 bridgehead atoms. The molecule has 6 heteroatoms. The van der Waals surface area contributed by atoms with Gasteiger partial charge in [0.15, 0.2) is 0 Å². The number of nitrogens with zero attached hydrogens (tertiary/aromatic N) is 3. The van der Waals surface area contributed by atoms with Crippen LogP contribution in [0.1, 0.15) is 10.4 Å². The third kappa shape index (κ3) is 2.51. The highest BCUT2D eigenvalue weighted by atomic mass is 16.1. The molecule has 6 nitrogen and oxygen atoms in total. The van der Waals surface area contributed by atoms with Gasteiger partial charge in [0.2, 0.25) is 0 Å². The van der Waals surface area contributed by atoms with Gasteiger partial charge in [-0.1, -0.05) is 0 Å². The Morgan fingerprint density at radius 3 is 2.90 bits per heavy atom. The molecular weight excluding hydrogens is 268 g/mol. The van der Waals surface area contributed by atoms with Crippen molar-refractivity contribution in [3.8, 4) is 0 Å². The maximum Gasteiger partial charge on any atom is 0.260 e. The van der Waals surface area contributed by atoms with Crippen LogP contribution in [0.2, 0.25) is 0 Å². The highest BCUT2D eigenvalue weighted by Crippen LogP contribution is 2.15. The number of rotatable bonds is 2. The molecule has 1 N–H and O–H groups in total. The molecule has 0 saturated carbocycles. The Balaban J connectivity index is 1.97. The summed E-state index contributed by atoms with van der Waals surface area (Å²) in [5.74, 6) is -0.275. The van der Waals surface area contributed by atoms with Gasteiger partial charge in [0.25, 0.3) is 11.5 Å². The second-order valence-corrected chi connectivity index (χ2v) is 4.59. The fourth-order valence-corrected chi connectivity index (χ4v) is 1.99. The quantitative estimate of drug-likeness (QED) is 0.773. The molecule has 0 aliphatic heterocycles. The molecule has 0 aliphatic carbocycles. The third-order valence-corrected chi connectivity index (χ3v) is 3.10. The lowest BCUT2D eigenvalue weighted by Gasteiger charge is -2.06. The summed E-state index contributed by atoms with van der Waals surface area (Å²) in [6, 6.07) is 8.40. The number of amides is 1. The van der Waals surface area contributed by atoms with E-state index in [1.807, 2.05) is 0 Å². The molecule has 1 aromatic carbocycles. The van der Waals surface area contributed by atoms with E-state index >= 15 is 0 Å². The first-order valence-corrected chi connectivity index (χ1v) is 6.32. The molecular formula is C15H12N4O2. The topological polar surface area (TPSA) is 76.9 Å². The minimum Gasteiger partial charge on any atom is -0.322 e. The predicted octanol–water partition coefficient (Wildman–Crippen LogP) is 1.58. The fourth-order valence-electron chi connectivity index (χ4n) is 1.99. The lowest BCUT2D eigenvalue weighted by atomic mass is 10.2. The molecule has 3 aromatic rings. The van der Waals surface area contributed by atoms with Crippen molar-refractivity contribution >= 4 is 22.5 Å². The van der Waals surface area contributed by atoms with E-state index in [-0.39, 0.29) is 11.5 Å². The van der Waals surface area contributed by atoms with E-state index in [1.165, 1.54) is 17.1 Å². The largest absolute Gasteiger partial charge is 0.322 e. The monoisotopic (exact) mass is 280 g/mol. The normalized spacial score (nSPS) is 10.5. The fraction of sp³-hybridized carbons (Fsp3) is 0.0667. The molecule has 21 heavy (non-hydrogen) atoms. The summed E-state index contributed by atoms with van der Waals surface area (Å²) < 4.78 is 1.40. The second-order valence-electron chi connectivity index (χ2n) is 4.59. The summed E-state index contributed by atoms with van der Waals surface area (Å²) in [4.78, 5) is 32.1. The van der Waals surface area contributed by atoms with Crippen molar-refractivity contribution in [2.45, 2.75) is 0 Å². The van der Waals surface area contributed by atoms with Crippen LogP contribution in [0.4, 0.5) is 5.69 Å². The molecule has 0 atom stereocenters. The number of aryl methyl sites for hydroxylation is 1. The zero-order chi connectivity index (χ0) is 14.8. The number of hydrogen-bond acceptors (Lipinski definition) is 4. The Morgan fingerprint density at radius 2 is 2.14 bits per heavy atom. The Bertz CT molecular complexity index is 872. The predicted molar refractivity (Wildman–Crippen MR) is 79.2 cm³/mol. The Labute approximate surface area is 120 Å². The van der Waals surface area contributed by atoms with Crippen LogP contribution in [0.15, 0.2) is 53.8 Å². The van der Waals surface area contributed by atoms with Gasteiger partial charge in [-0.05, 0) is 30.3 Å². The zero-order valence-corrected chi connectivity index (χ0v) is 11.3. The van der Waals surface area contributed by atoms with Gasteiger partial charge in [-0.25, -0.2) is 4.98 Å². The number of fused-ring (bicyclic) bond motifs is 1. The maximum atomic E-state index is 12.1. The molecule has 3 rings (SSSR count). The Hall–Kier alpha value is -3.02.